The highest BCUT2D eigenvalue weighted by molar-refractivity contribution is 5.91. The molecule has 1 amide bonds. The van der Waals surface area contributed by atoms with Gasteiger partial charge in [0.2, 0.25) is 5.91 Å². The molecule has 2 aromatic heterocycles. The number of aryl methyl sites for hydroxylation is 1. The average Bonchev–Trinajstić information content (AvgIpc) is 3.30. The molecule has 7 nitrogen and oxygen atoms in total. The number of carbonyl (C=O) groups is 1. The summed E-state index contributed by atoms with van der Waals surface area (Å²) < 4.78 is 7.06. The molecule has 0 aliphatic heterocycles. The molecular formula is C18H19N5O2. The minimum atomic E-state index is -0.366. The molecule has 3 rings (SSSR count). The van der Waals surface area contributed by atoms with Gasteiger partial charge in [-0.25, -0.2) is 0 Å². The van der Waals surface area contributed by atoms with E-state index in [2.05, 4.69) is 20.6 Å². The van der Waals surface area contributed by atoms with Gasteiger partial charge in [0.25, 0.3) is 5.89 Å². The van der Waals surface area contributed by atoms with E-state index < -0.39 is 0 Å². The smallest absolute Gasteiger partial charge is 0.257 e. The van der Waals surface area contributed by atoms with Crippen molar-refractivity contribution < 1.29 is 9.32 Å². The van der Waals surface area contributed by atoms with Gasteiger partial charge >= 0.3 is 0 Å². The fraction of sp³-hybridized carbons (Fsp3) is 0.222. The second kappa shape index (κ2) is 7.57. The van der Waals surface area contributed by atoms with Crippen LogP contribution in [0, 0.1) is 0 Å². The number of aromatic nitrogens is 4. The standard InChI is InChI=1S/C18H19N5O2/c1-3-23-15(11-12-19-23)9-10-16(24)20-13(2)17-21-18(25-22-17)14-7-5-4-6-8-14/h4-13H,3H2,1-2H3,(H,20,24). The topological polar surface area (TPSA) is 85.8 Å². The van der Waals surface area contributed by atoms with Gasteiger partial charge in [-0.1, -0.05) is 23.4 Å². The van der Waals surface area contributed by atoms with Gasteiger partial charge in [0.1, 0.15) is 0 Å². The lowest BCUT2D eigenvalue weighted by Crippen LogP contribution is -2.25. The minimum Gasteiger partial charge on any atom is -0.343 e. The normalized spacial score (nSPS) is 12.4. The van der Waals surface area contributed by atoms with E-state index in [1.165, 1.54) is 6.08 Å². The highest BCUT2D eigenvalue weighted by atomic mass is 16.5. The van der Waals surface area contributed by atoms with Crippen LogP contribution in [-0.2, 0) is 11.3 Å². The van der Waals surface area contributed by atoms with Crippen molar-refractivity contribution in [3.05, 3.63) is 60.2 Å². The number of benzene rings is 1. The molecule has 1 aromatic carbocycles. The number of nitrogens with zero attached hydrogens (tertiary/aromatic N) is 4. The molecule has 0 spiro atoms. The Balaban J connectivity index is 1.63. The van der Waals surface area contributed by atoms with Gasteiger partial charge in [-0.3, -0.25) is 9.48 Å². The number of carbonyl (C=O) groups excluding carboxylic acids is 1. The van der Waals surface area contributed by atoms with Crippen LogP contribution in [0.1, 0.15) is 31.4 Å². The zero-order chi connectivity index (χ0) is 17.6. The Labute approximate surface area is 145 Å². The summed E-state index contributed by atoms with van der Waals surface area (Å²) in [5.41, 5.74) is 1.71. The third-order valence-corrected chi connectivity index (χ3v) is 3.66. The maximum absolute atomic E-state index is 12.1. The van der Waals surface area contributed by atoms with Crippen LogP contribution in [0.3, 0.4) is 0 Å². The maximum Gasteiger partial charge on any atom is 0.257 e. The van der Waals surface area contributed by atoms with Crippen molar-refractivity contribution in [1.82, 2.24) is 25.2 Å². The first kappa shape index (κ1) is 16.6. The average molecular weight is 337 g/mol. The summed E-state index contributed by atoms with van der Waals surface area (Å²) in [6.07, 6.45) is 4.90. The largest absolute Gasteiger partial charge is 0.343 e. The molecule has 1 unspecified atom stereocenters. The first-order valence-corrected chi connectivity index (χ1v) is 8.06. The van der Waals surface area contributed by atoms with Crippen molar-refractivity contribution in [2.75, 3.05) is 0 Å². The third-order valence-electron chi connectivity index (χ3n) is 3.66. The molecule has 0 radical (unpaired) electrons. The van der Waals surface area contributed by atoms with E-state index in [1.807, 2.05) is 50.2 Å². The zero-order valence-corrected chi connectivity index (χ0v) is 14.1. The monoisotopic (exact) mass is 337 g/mol. The summed E-state index contributed by atoms with van der Waals surface area (Å²) in [6, 6.07) is 11.0. The summed E-state index contributed by atoms with van der Waals surface area (Å²) in [5.74, 6) is 0.626. The molecule has 0 aliphatic carbocycles. The van der Waals surface area contributed by atoms with Crippen molar-refractivity contribution in [2.45, 2.75) is 26.4 Å². The highest BCUT2D eigenvalue weighted by Gasteiger charge is 2.16. The molecule has 3 aromatic rings. The van der Waals surface area contributed by atoms with Crippen molar-refractivity contribution >= 4 is 12.0 Å². The highest BCUT2D eigenvalue weighted by Crippen LogP contribution is 2.18. The van der Waals surface area contributed by atoms with Crippen LogP contribution in [0.5, 0.6) is 0 Å². The quantitative estimate of drug-likeness (QED) is 0.699. The molecule has 0 saturated carbocycles. The Kier molecular flexibility index (Phi) is 5.03. The second-order valence-electron chi connectivity index (χ2n) is 5.46. The molecule has 0 fully saturated rings. The van der Waals surface area contributed by atoms with E-state index in [0.29, 0.717) is 11.7 Å². The summed E-state index contributed by atoms with van der Waals surface area (Å²) >= 11 is 0. The van der Waals surface area contributed by atoms with E-state index in [9.17, 15) is 4.79 Å². The number of rotatable bonds is 6. The Morgan fingerprint density at radius 2 is 2.12 bits per heavy atom. The van der Waals surface area contributed by atoms with Gasteiger partial charge in [0, 0.05) is 24.4 Å². The Morgan fingerprint density at radius 1 is 1.32 bits per heavy atom. The predicted molar refractivity (Wildman–Crippen MR) is 93.2 cm³/mol. The summed E-state index contributed by atoms with van der Waals surface area (Å²) in [6.45, 7) is 4.55. The molecular weight excluding hydrogens is 318 g/mol. The first-order valence-electron chi connectivity index (χ1n) is 8.06. The maximum atomic E-state index is 12.1. The Morgan fingerprint density at radius 3 is 2.88 bits per heavy atom. The fourth-order valence-corrected chi connectivity index (χ4v) is 2.34. The molecule has 7 heteroatoms. The van der Waals surface area contributed by atoms with Gasteiger partial charge in [-0.15, -0.1) is 0 Å². The predicted octanol–water partition coefficient (Wildman–Crippen LogP) is 2.84. The molecule has 2 heterocycles. The van der Waals surface area contributed by atoms with Crippen LogP contribution in [-0.4, -0.2) is 25.8 Å². The van der Waals surface area contributed by atoms with E-state index in [1.54, 1.807) is 17.0 Å². The van der Waals surface area contributed by atoms with Crippen molar-refractivity contribution in [2.24, 2.45) is 0 Å². The van der Waals surface area contributed by atoms with Crippen LogP contribution < -0.4 is 5.32 Å². The molecule has 128 valence electrons. The van der Waals surface area contributed by atoms with E-state index in [4.69, 9.17) is 4.52 Å². The number of hydrogen-bond acceptors (Lipinski definition) is 5. The van der Waals surface area contributed by atoms with Gasteiger partial charge < -0.3 is 9.84 Å². The van der Waals surface area contributed by atoms with E-state index >= 15 is 0 Å². The molecule has 0 saturated heterocycles. The molecule has 25 heavy (non-hydrogen) atoms. The van der Waals surface area contributed by atoms with Crippen molar-refractivity contribution in [3.8, 4) is 11.5 Å². The van der Waals surface area contributed by atoms with Gasteiger partial charge in [0.15, 0.2) is 5.82 Å². The Hall–Kier alpha value is -3.22. The van der Waals surface area contributed by atoms with Crippen LogP contribution in [0.25, 0.3) is 17.5 Å². The third kappa shape index (κ3) is 4.00. The van der Waals surface area contributed by atoms with Crippen LogP contribution in [0.2, 0.25) is 0 Å². The fourth-order valence-electron chi connectivity index (χ4n) is 2.34. The number of hydrogen-bond donors (Lipinski definition) is 1. The number of amides is 1. The summed E-state index contributed by atoms with van der Waals surface area (Å²) in [4.78, 5) is 16.4. The SMILES string of the molecule is CCn1nccc1C=CC(=O)NC(C)c1noc(-c2ccccc2)n1. The molecule has 1 N–H and O–H groups in total. The Bertz CT molecular complexity index is 866. The second-order valence-corrected chi connectivity index (χ2v) is 5.46. The van der Waals surface area contributed by atoms with Gasteiger partial charge in [-0.2, -0.15) is 10.1 Å². The molecule has 1 atom stereocenters. The van der Waals surface area contributed by atoms with Gasteiger partial charge in [-0.05, 0) is 38.1 Å². The lowest BCUT2D eigenvalue weighted by atomic mass is 10.2. The van der Waals surface area contributed by atoms with Crippen LogP contribution in [0.4, 0.5) is 0 Å². The van der Waals surface area contributed by atoms with Crippen molar-refractivity contribution in [3.63, 3.8) is 0 Å². The zero-order valence-electron chi connectivity index (χ0n) is 14.1. The van der Waals surface area contributed by atoms with Crippen LogP contribution >= 0.6 is 0 Å². The van der Waals surface area contributed by atoms with Crippen molar-refractivity contribution in [1.29, 1.82) is 0 Å². The van der Waals surface area contributed by atoms with Gasteiger partial charge in [0.05, 0.1) is 11.7 Å². The molecule has 0 aliphatic rings. The van der Waals surface area contributed by atoms with E-state index in [-0.39, 0.29) is 11.9 Å². The summed E-state index contributed by atoms with van der Waals surface area (Å²) in [5, 5.41) is 10.9. The van der Waals surface area contributed by atoms with E-state index in [0.717, 1.165) is 17.8 Å². The first-order chi connectivity index (χ1) is 12.2. The van der Waals surface area contributed by atoms with Crippen LogP contribution in [0.15, 0.2) is 53.2 Å². The number of nitrogens with one attached hydrogen (secondary N) is 1. The lowest BCUT2D eigenvalue weighted by Gasteiger charge is -2.07. The lowest BCUT2D eigenvalue weighted by molar-refractivity contribution is -0.117. The summed E-state index contributed by atoms with van der Waals surface area (Å²) in [7, 11) is 0. The molecule has 0 bridgehead atoms. The minimum absolute atomic E-state index is 0.234.